The highest BCUT2D eigenvalue weighted by Crippen LogP contribution is 2.17. The number of nitrogens with one attached hydrogen (secondary N) is 1. The molecule has 19 heavy (non-hydrogen) atoms. The van der Waals surface area contributed by atoms with E-state index in [1.807, 2.05) is 13.0 Å². The van der Waals surface area contributed by atoms with Gasteiger partial charge < -0.3 is 5.32 Å². The molecule has 0 fully saturated rings. The van der Waals surface area contributed by atoms with E-state index in [-0.39, 0.29) is 11.3 Å². The van der Waals surface area contributed by atoms with Gasteiger partial charge in [0.05, 0.1) is 16.8 Å². The molecule has 4 nitrogen and oxygen atoms in total. The highest BCUT2D eigenvalue weighted by molar-refractivity contribution is 6.04. The molecule has 0 saturated heterocycles. The number of benzene rings is 1. The second kappa shape index (κ2) is 5.27. The van der Waals surface area contributed by atoms with E-state index < -0.39 is 11.7 Å². The zero-order valence-electron chi connectivity index (χ0n) is 10.1. The molecule has 1 heterocycles. The van der Waals surface area contributed by atoms with E-state index in [2.05, 4.69) is 10.3 Å². The first-order valence-corrected chi connectivity index (χ1v) is 5.54. The molecule has 1 aromatic carbocycles. The molecule has 0 spiro atoms. The summed E-state index contributed by atoms with van der Waals surface area (Å²) in [6.45, 7) is 1.81. The Kier molecular flexibility index (Phi) is 3.53. The number of aryl methyl sites for hydroxylation is 1. The van der Waals surface area contributed by atoms with Crippen molar-refractivity contribution in [2.75, 3.05) is 5.32 Å². The number of amides is 1. The SMILES string of the molecule is Cc1ccc(C(=O)Nc2ccc(F)cc2C#N)cn1. The van der Waals surface area contributed by atoms with E-state index in [4.69, 9.17) is 5.26 Å². The molecule has 0 aliphatic carbocycles. The van der Waals surface area contributed by atoms with Gasteiger partial charge in [0.15, 0.2) is 0 Å². The van der Waals surface area contributed by atoms with Gasteiger partial charge in [-0.1, -0.05) is 0 Å². The summed E-state index contributed by atoms with van der Waals surface area (Å²) in [4.78, 5) is 15.9. The van der Waals surface area contributed by atoms with Gasteiger partial charge in [-0.3, -0.25) is 9.78 Å². The van der Waals surface area contributed by atoms with Crippen molar-refractivity contribution in [2.45, 2.75) is 6.92 Å². The van der Waals surface area contributed by atoms with E-state index >= 15 is 0 Å². The van der Waals surface area contributed by atoms with Crippen LogP contribution in [0.15, 0.2) is 36.5 Å². The van der Waals surface area contributed by atoms with Crippen LogP contribution in [-0.4, -0.2) is 10.9 Å². The number of rotatable bonds is 2. The lowest BCUT2D eigenvalue weighted by molar-refractivity contribution is 0.102. The summed E-state index contributed by atoms with van der Waals surface area (Å²) >= 11 is 0. The minimum absolute atomic E-state index is 0.0772. The van der Waals surface area contributed by atoms with Gasteiger partial charge in [0, 0.05) is 11.9 Å². The van der Waals surface area contributed by atoms with Crippen LogP contribution in [-0.2, 0) is 0 Å². The van der Waals surface area contributed by atoms with Crippen molar-refractivity contribution in [3.05, 3.63) is 59.2 Å². The smallest absolute Gasteiger partial charge is 0.257 e. The van der Waals surface area contributed by atoms with E-state index in [0.29, 0.717) is 5.56 Å². The molecule has 1 aromatic heterocycles. The van der Waals surface area contributed by atoms with Gasteiger partial charge in [-0.05, 0) is 37.3 Å². The van der Waals surface area contributed by atoms with Gasteiger partial charge >= 0.3 is 0 Å². The van der Waals surface area contributed by atoms with Crippen LogP contribution in [0.3, 0.4) is 0 Å². The van der Waals surface area contributed by atoms with Crippen molar-refractivity contribution >= 4 is 11.6 Å². The minimum atomic E-state index is -0.522. The van der Waals surface area contributed by atoms with Crippen molar-refractivity contribution < 1.29 is 9.18 Å². The second-order valence-corrected chi connectivity index (χ2v) is 3.94. The predicted molar refractivity (Wildman–Crippen MR) is 68.0 cm³/mol. The Labute approximate surface area is 109 Å². The van der Waals surface area contributed by atoms with Crippen molar-refractivity contribution in [2.24, 2.45) is 0 Å². The fourth-order valence-corrected chi connectivity index (χ4v) is 1.51. The van der Waals surface area contributed by atoms with Crippen LogP contribution in [0.2, 0.25) is 0 Å². The number of carbonyl (C=O) groups is 1. The van der Waals surface area contributed by atoms with E-state index in [1.54, 1.807) is 12.1 Å². The summed E-state index contributed by atoms with van der Waals surface area (Å²) in [5.74, 6) is -0.915. The fourth-order valence-electron chi connectivity index (χ4n) is 1.51. The molecule has 1 N–H and O–H groups in total. The summed E-state index contributed by atoms with van der Waals surface area (Å²) in [7, 11) is 0. The van der Waals surface area contributed by atoms with Crippen LogP contribution in [0.1, 0.15) is 21.6 Å². The van der Waals surface area contributed by atoms with Crippen molar-refractivity contribution in [1.29, 1.82) is 5.26 Å². The molecule has 2 aromatic rings. The zero-order chi connectivity index (χ0) is 13.8. The van der Waals surface area contributed by atoms with Crippen LogP contribution in [0.5, 0.6) is 0 Å². The third kappa shape index (κ3) is 2.93. The summed E-state index contributed by atoms with van der Waals surface area (Å²) in [6.07, 6.45) is 1.44. The summed E-state index contributed by atoms with van der Waals surface area (Å²) in [6, 6.07) is 8.79. The number of nitrogens with zero attached hydrogens (tertiary/aromatic N) is 2. The second-order valence-electron chi connectivity index (χ2n) is 3.94. The minimum Gasteiger partial charge on any atom is -0.321 e. The van der Waals surface area contributed by atoms with Crippen LogP contribution in [0, 0.1) is 24.1 Å². The molecular formula is C14H10FN3O. The maximum Gasteiger partial charge on any atom is 0.257 e. The molecule has 0 aliphatic rings. The lowest BCUT2D eigenvalue weighted by Crippen LogP contribution is -2.13. The quantitative estimate of drug-likeness (QED) is 0.897. The highest BCUT2D eigenvalue weighted by Gasteiger charge is 2.10. The van der Waals surface area contributed by atoms with E-state index in [0.717, 1.165) is 11.8 Å². The molecule has 0 aliphatic heterocycles. The Hall–Kier alpha value is -2.74. The maximum absolute atomic E-state index is 13.0. The normalized spacial score (nSPS) is 9.74. The van der Waals surface area contributed by atoms with Crippen molar-refractivity contribution in [1.82, 2.24) is 4.98 Å². The van der Waals surface area contributed by atoms with Gasteiger partial charge in [-0.15, -0.1) is 0 Å². The monoisotopic (exact) mass is 255 g/mol. The number of anilines is 1. The number of carbonyl (C=O) groups excluding carboxylic acids is 1. The van der Waals surface area contributed by atoms with Gasteiger partial charge in [0.25, 0.3) is 5.91 Å². The standard InChI is InChI=1S/C14H10FN3O/c1-9-2-3-10(8-17-9)14(19)18-13-5-4-12(15)6-11(13)7-16/h2-6,8H,1H3,(H,18,19). The Morgan fingerprint density at radius 3 is 2.79 bits per heavy atom. The van der Waals surface area contributed by atoms with Crippen LogP contribution >= 0.6 is 0 Å². The lowest BCUT2D eigenvalue weighted by atomic mass is 10.1. The molecule has 0 saturated carbocycles. The molecule has 1 amide bonds. The fraction of sp³-hybridized carbons (Fsp3) is 0.0714. The number of hydrogen-bond donors (Lipinski definition) is 1. The Bertz CT molecular complexity index is 659. The van der Waals surface area contributed by atoms with Gasteiger partial charge in [-0.25, -0.2) is 4.39 Å². The Balaban J connectivity index is 2.24. The molecule has 94 valence electrons. The topological polar surface area (TPSA) is 65.8 Å². The first-order valence-electron chi connectivity index (χ1n) is 5.54. The van der Waals surface area contributed by atoms with Crippen molar-refractivity contribution in [3.63, 3.8) is 0 Å². The predicted octanol–water partition coefficient (Wildman–Crippen LogP) is 2.65. The number of nitriles is 1. The van der Waals surface area contributed by atoms with Crippen LogP contribution in [0.25, 0.3) is 0 Å². The Morgan fingerprint density at radius 1 is 1.37 bits per heavy atom. The summed E-state index contributed by atoms with van der Waals surface area (Å²) < 4.78 is 13.0. The number of halogens is 1. The number of hydrogen-bond acceptors (Lipinski definition) is 3. The van der Waals surface area contributed by atoms with Gasteiger partial charge in [0.1, 0.15) is 11.9 Å². The average Bonchev–Trinajstić information content (AvgIpc) is 2.41. The molecule has 0 bridgehead atoms. The first kappa shape index (κ1) is 12.7. The van der Waals surface area contributed by atoms with E-state index in [1.165, 1.54) is 18.3 Å². The molecule has 0 radical (unpaired) electrons. The third-order valence-electron chi connectivity index (χ3n) is 2.52. The van der Waals surface area contributed by atoms with E-state index in [9.17, 15) is 9.18 Å². The number of pyridine rings is 1. The largest absolute Gasteiger partial charge is 0.321 e. The third-order valence-corrected chi connectivity index (χ3v) is 2.52. The molecule has 2 rings (SSSR count). The molecule has 0 atom stereocenters. The zero-order valence-corrected chi connectivity index (χ0v) is 10.1. The van der Waals surface area contributed by atoms with Crippen LogP contribution in [0.4, 0.5) is 10.1 Å². The average molecular weight is 255 g/mol. The summed E-state index contributed by atoms with van der Waals surface area (Å²) in [5, 5.41) is 11.4. The molecule has 5 heteroatoms. The van der Waals surface area contributed by atoms with Gasteiger partial charge in [-0.2, -0.15) is 5.26 Å². The lowest BCUT2D eigenvalue weighted by Gasteiger charge is -2.07. The summed E-state index contributed by atoms with van der Waals surface area (Å²) in [5.41, 5.74) is 1.53. The van der Waals surface area contributed by atoms with Crippen LogP contribution < -0.4 is 5.32 Å². The number of aromatic nitrogens is 1. The maximum atomic E-state index is 13.0. The Morgan fingerprint density at radius 2 is 2.16 bits per heavy atom. The molecular weight excluding hydrogens is 245 g/mol. The highest BCUT2D eigenvalue weighted by atomic mass is 19.1. The van der Waals surface area contributed by atoms with Gasteiger partial charge in [0.2, 0.25) is 0 Å². The molecule has 0 unspecified atom stereocenters. The first-order chi connectivity index (χ1) is 9.10. The van der Waals surface area contributed by atoms with Crippen molar-refractivity contribution in [3.8, 4) is 6.07 Å².